The maximum atomic E-state index is 11.8. The Morgan fingerprint density at radius 1 is 1.24 bits per heavy atom. The lowest BCUT2D eigenvalue weighted by atomic mass is 9.95. The fourth-order valence-electron chi connectivity index (χ4n) is 1.90. The second-order valence-electron chi connectivity index (χ2n) is 7.26. The second-order valence-corrected chi connectivity index (χ2v) is 7.26. The number of amides is 1. The van der Waals surface area contributed by atoms with Gasteiger partial charge < -0.3 is 10.5 Å². The van der Waals surface area contributed by atoms with Gasteiger partial charge >= 0.3 is 6.09 Å². The van der Waals surface area contributed by atoms with Gasteiger partial charge in [0.15, 0.2) is 0 Å². The molecule has 0 bridgehead atoms. The summed E-state index contributed by atoms with van der Waals surface area (Å²) in [5.74, 6) is 0. The summed E-state index contributed by atoms with van der Waals surface area (Å²) >= 11 is 0. The summed E-state index contributed by atoms with van der Waals surface area (Å²) in [5, 5.41) is 2.78. The maximum absolute atomic E-state index is 11.8. The Morgan fingerprint density at radius 2 is 1.86 bits per heavy atom. The monoisotopic (exact) mass is 292 g/mol. The zero-order valence-corrected chi connectivity index (χ0v) is 14.0. The minimum absolute atomic E-state index is 0.165. The molecule has 0 aliphatic rings. The minimum atomic E-state index is -0.495. The summed E-state index contributed by atoms with van der Waals surface area (Å²) in [6, 6.07) is 6.02. The van der Waals surface area contributed by atoms with E-state index >= 15 is 0 Å². The van der Waals surface area contributed by atoms with E-state index in [9.17, 15) is 4.79 Å². The molecule has 0 aliphatic heterocycles. The van der Waals surface area contributed by atoms with Gasteiger partial charge in [-0.25, -0.2) is 4.79 Å². The van der Waals surface area contributed by atoms with Crippen LogP contribution in [0.15, 0.2) is 18.2 Å². The van der Waals surface area contributed by atoms with Gasteiger partial charge in [-0.1, -0.05) is 12.1 Å². The standard InChI is InChI=1S/C17H28N2O2/c1-12-11-13(9-10-17(5,6)18)7-8-14(12)19-15(20)21-16(2,3)4/h7-8,11H,9-10,18H2,1-6H3,(H,19,20). The first-order valence-electron chi connectivity index (χ1n) is 7.35. The molecule has 0 saturated carbocycles. The predicted molar refractivity (Wildman–Crippen MR) is 87.6 cm³/mol. The molecule has 0 heterocycles. The fraction of sp³-hybridized carbons (Fsp3) is 0.588. The van der Waals surface area contributed by atoms with Crippen molar-refractivity contribution in [1.82, 2.24) is 0 Å². The van der Waals surface area contributed by atoms with Crippen LogP contribution in [0.25, 0.3) is 0 Å². The summed E-state index contributed by atoms with van der Waals surface area (Å²) < 4.78 is 5.25. The number of hydrogen-bond donors (Lipinski definition) is 2. The highest BCUT2D eigenvalue weighted by Gasteiger charge is 2.17. The smallest absolute Gasteiger partial charge is 0.412 e. The molecule has 0 spiro atoms. The Balaban J connectivity index is 2.68. The van der Waals surface area contributed by atoms with E-state index in [0.29, 0.717) is 0 Å². The van der Waals surface area contributed by atoms with Crippen LogP contribution in [0.5, 0.6) is 0 Å². The van der Waals surface area contributed by atoms with E-state index in [1.165, 1.54) is 5.56 Å². The van der Waals surface area contributed by atoms with E-state index in [-0.39, 0.29) is 5.54 Å². The highest BCUT2D eigenvalue weighted by molar-refractivity contribution is 5.85. The number of anilines is 1. The lowest BCUT2D eigenvalue weighted by Crippen LogP contribution is -2.32. The number of carbonyl (C=O) groups is 1. The molecule has 0 atom stereocenters. The first-order chi connectivity index (χ1) is 9.46. The molecule has 1 rings (SSSR count). The van der Waals surface area contributed by atoms with Crippen LogP contribution in [0, 0.1) is 6.92 Å². The fourth-order valence-corrected chi connectivity index (χ4v) is 1.90. The molecule has 0 saturated heterocycles. The summed E-state index contributed by atoms with van der Waals surface area (Å²) in [6.45, 7) is 11.6. The third-order valence-electron chi connectivity index (χ3n) is 2.98. The predicted octanol–water partition coefficient (Wildman–Crippen LogP) is 4.01. The van der Waals surface area contributed by atoms with Crippen molar-refractivity contribution in [3.05, 3.63) is 29.3 Å². The number of nitrogens with one attached hydrogen (secondary N) is 1. The van der Waals surface area contributed by atoms with Crippen molar-refractivity contribution in [1.29, 1.82) is 0 Å². The van der Waals surface area contributed by atoms with Gasteiger partial charge in [-0.15, -0.1) is 0 Å². The van der Waals surface area contributed by atoms with Gasteiger partial charge in [0.1, 0.15) is 5.60 Å². The van der Waals surface area contributed by atoms with Crippen molar-refractivity contribution in [3.63, 3.8) is 0 Å². The van der Waals surface area contributed by atoms with Crippen molar-refractivity contribution in [2.45, 2.75) is 65.5 Å². The first kappa shape index (κ1) is 17.5. The second kappa shape index (κ2) is 6.48. The number of ether oxygens (including phenoxy) is 1. The van der Waals surface area contributed by atoms with Crippen molar-refractivity contribution in [2.75, 3.05) is 5.32 Å². The largest absolute Gasteiger partial charge is 0.444 e. The van der Waals surface area contributed by atoms with Gasteiger partial charge in [-0.2, -0.15) is 0 Å². The average molecular weight is 292 g/mol. The normalized spacial score (nSPS) is 12.1. The number of aryl methyl sites for hydroxylation is 2. The lowest BCUT2D eigenvalue weighted by Gasteiger charge is -2.20. The molecule has 0 fully saturated rings. The van der Waals surface area contributed by atoms with Crippen LogP contribution >= 0.6 is 0 Å². The molecule has 4 heteroatoms. The zero-order chi connectivity index (χ0) is 16.3. The molecule has 21 heavy (non-hydrogen) atoms. The van der Waals surface area contributed by atoms with E-state index in [4.69, 9.17) is 10.5 Å². The van der Waals surface area contributed by atoms with E-state index in [1.807, 2.05) is 53.7 Å². The molecule has 1 aromatic rings. The van der Waals surface area contributed by atoms with Crippen molar-refractivity contribution in [3.8, 4) is 0 Å². The maximum Gasteiger partial charge on any atom is 0.412 e. The van der Waals surface area contributed by atoms with Crippen LogP contribution in [0.3, 0.4) is 0 Å². The number of hydrogen-bond acceptors (Lipinski definition) is 3. The molecule has 3 N–H and O–H groups in total. The van der Waals surface area contributed by atoms with Crippen LogP contribution in [-0.4, -0.2) is 17.2 Å². The number of rotatable bonds is 4. The molecule has 0 aliphatic carbocycles. The van der Waals surface area contributed by atoms with Crippen LogP contribution in [0.1, 0.15) is 52.2 Å². The van der Waals surface area contributed by atoms with E-state index in [0.717, 1.165) is 24.1 Å². The molecule has 1 aromatic carbocycles. The van der Waals surface area contributed by atoms with E-state index in [1.54, 1.807) is 0 Å². The number of benzene rings is 1. The van der Waals surface area contributed by atoms with Crippen LogP contribution < -0.4 is 11.1 Å². The quantitative estimate of drug-likeness (QED) is 0.881. The van der Waals surface area contributed by atoms with Gasteiger partial charge in [0.05, 0.1) is 0 Å². The average Bonchev–Trinajstić information content (AvgIpc) is 2.26. The molecule has 1 amide bonds. The summed E-state index contributed by atoms with van der Waals surface area (Å²) in [4.78, 5) is 11.8. The number of nitrogens with two attached hydrogens (primary N) is 1. The van der Waals surface area contributed by atoms with Gasteiger partial charge in [-0.05, 0) is 71.6 Å². The Hall–Kier alpha value is -1.55. The van der Waals surface area contributed by atoms with E-state index in [2.05, 4.69) is 11.4 Å². The molecule has 118 valence electrons. The topological polar surface area (TPSA) is 64.3 Å². The van der Waals surface area contributed by atoms with Gasteiger partial charge in [-0.3, -0.25) is 5.32 Å². The first-order valence-corrected chi connectivity index (χ1v) is 7.35. The van der Waals surface area contributed by atoms with Crippen LogP contribution in [-0.2, 0) is 11.2 Å². The third kappa shape index (κ3) is 7.14. The number of carbonyl (C=O) groups excluding carboxylic acids is 1. The highest BCUT2D eigenvalue weighted by Crippen LogP contribution is 2.20. The molecule has 4 nitrogen and oxygen atoms in total. The SMILES string of the molecule is Cc1cc(CCC(C)(C)N)ccc1NC(=O)OC(C)(C)C. The van der Waals surface area contributed by atoms with Gasteiger partial charge in [0, 0.05) is 11.2 Å². The summed E-state index contributed by atoms with van der Waals surface area (Å²) in [7, 11) is 0. The van der Waals surface area contributed by atoms with Crippen molar-refractivity contribution in [2.24, 2.45) is 5.73 Å². The Bertz CT molecular complexity index is 496. The Kier molecular flexibility index (Phi) is 5.40. The van der Waals surface area contributed by atoms with Crippen molar-refractivity contribution < 1.29 is 9.53 Å². The van der Waals surface area contributed by atoms with Crippen LogP contribution in [0.2, 0.25) is 0 Å². The van der Waals surface area contributed by atoms with E-state index < -0.39 is 11.7 Å². The third-order valence-corrected chi connectivity index (χ3v) is 2.98. The molecule has 0 unspecified atom stereocenters. The lowest BCUT2D eigenvalue weighted by molar-refractivity contribution is 0.0636. The Labute approximate surface area is 128 Å². The van der Waals surface area contributed by atoms with Crippen LogP contribution in [0.4, 0.5) is 10.5 Å². The van der Waals surface area contributed by atoms with Gasteiger partial charge in [0.2, 0.25) is 0 Å². The molecule has 0 radical (unpaired) electrons. The molecular formula is C17H28N2O2. The highest BCUT2D eigenvalue weighted by atomic mass is 16.6. The Morgan fingerprint density at radius 3 is 2.33 bits per heavy atom. The zero-order valence-electron chi connectivity index (χ0n) is 14.0. The molecule has 0 aromatic heterocycles. The van der Waals surface area contributed by atoms with Crippen molar-refractivity contribution >= 4 is 11.8 Å². The minimum Gasteiger partial charge on any atom is -0.444 e. The summed E-state index contributed by atoms with van der Waals surface area (Å²) in [5.41, 5.74) is 8.36. The van der Waals surface area contributed by atoms with Gasteiger partial charge in [0.25, 0.3) is 0 Å². The summed E-state index contributed by atoms with van der Waals surface area (Å²) in [6.07, 6.45) is 1.42. The molecular weight excluding hydrogens is 264 g/mol.